The Kier molecular flexibility index (Phi) is 5.01. The number of anilines is 2. The second-order valence-corrected chi connectivity index (χ2v) is 5.28. The number of halogens is 5. The number of alkyl halides is 3. The molecule has 23 heavy (non-hydrogen) atoms. The molecule has 0 spiro atoms. The Hall–Kier alpha value is -1.99. The third-order valence-electron chi connectivity index (χ3n) is 2.89. The van der Waals surface area contributed by atoms with Gasteiger partial charge in [-0.05, 0) is 24.3 Å². The average molecular weight is 364 g/mol. The first kappa shape index (κ1) is 17.4. The van der Waals surface area contributed by atoms with E-state index < -0.39 is 23.2 Å². The van der Waals surface area contributed by atoms with Crippen LogP contribution in [0.2, 0.25) is 10.0 Å². The van der Waals surface area contributed by atoms with Gasteiger partial charge in [0.15, 0.2) is 0 Å². The molecule has 9 heteroatoms. The molecule has 0 fully saturated rings. The Morgan fingerprint density at radius 1 is 1.22 bits per heavy atom. The Bertz CT molecular complexity index is 751. The van der Waals surface area contributed by atoms with Crippen LogP contribution >= 0.6 is 23.2 Å². The van der Waals surface area contributed by atoms with E-state index >= 15 is 0 Å². The molecule has 122 valence electrons. The van der Waals surface area contributed by atoms with Gasteiger partial charge in [-0.2, -0.15) is 13.2 Å². The molecule has 0 unspecified atom stereocenters. The maximum absolute atomic E-state index is 13.1. The Balaban J connectivity index is 2.39. The van der Waals surface area contributed by atoms with E-state index in [0.29, 0.717) is 5.02 Å². The topological polar surface area (TPSA) is 54.0 Å². The maximum atomic E-state index is 13.1. The fourth-order valence-electron chi connectivity index (χ4n) is 1.79. The van der Waals surface area contributed by atoms with Gasteiger partial charge in [-0.3, -0.25) is 4.79 Å². The van der Waals surface area contributed by atoms with Crippen molar-refractivity contribution in [3.05, 3.63) is 51.6 Å². The molecule has 0 atom stereocenters. The zero-order chi connectivity index (χ0) is 17.2. The SMILES string of the molecule is CNc1cc(C(F)(F)F)c(C(=O)Nc2ccc(Cl)cc2Cl)cn1. The monoisotopic (exact) mass is 363 g/mol. The number of aromatic nitrogens is 1. The fourth-order valence-corrected chi connectivity index (χ4v) is 2.24. The Labute approximate surface area is 139 Å². The molecule has 0 saturated carbocycles. The van der Waals surface area contributed by atoms with Gasteiger partial charge in [0.05, 0.1) is 21.8 Å². The lowest BCUT2D eigenvalue weighted by Gasteiger charge is -2.14. The minimum atomic E-state index is -4.70. The molecule has 0 radical (unpaired) electrons. The van der Waals surface area contributed by atoms with Crippen molar-refractivity contribution in [3.8, 4) is 0 Å². The van der Waals surface area contributed by atoms with E-state index in [0.717, 1.165) is 12.3 Å². The smallest absolute Gasteiger partial charge is 0.373 e. The van der Waals surface area contributed by atoms with Crippen LogP contribution in [0.3, 0.4) is 0 Å². The zero-order valence-corrected chi connectivity index (χ0v) is 13.1. The van der Waals surface area contributed by atoms with Crippen molar-refractivity contribution >= 4 is 40.6 Å². The lowest BCUT2D eigenvalue weighted by atomic mass is 10.1. The molecule has 0 aliphatic heterocycles. The van der Waals surface area contributed by atoms with Gasteiger partial charge in [0.25, 0.3) is 5.91 Å². The number of hydrogen-bond acceptors (Lipinski definition) is 3. The second-order valence-electron chi connectivity index (χ2n) is 4.44. The van der Waals surface area contributed by atoms with Crippen LogP contribution in [0.15, 0.2) is 30.5 Å². The average Bonchev–Trinajstić information content (AvgIpc) is 2.48. The van der Waals surface area contributed by atoms with Crippen LogP contribution in [0.4, 0.5) is 24.7 Å². The van der Waals surface area contributed by atoms with Crippen molar-refractivity contribution in [1.82, 2.24) is 4.98 Å². The van der Waals surface area contributed by atoms with Gasteiger partial charge < -0.3 is 10.6 Å². The molecule has 2 rings (SSSR count). The van der Waals surface area contributed by atoms with Gasteiger partial charge >= 0.3 is 6.18 Å². The highest BCUT2D eigenvalue weighted by atomic mass is 35.5. The molecule has 1 aromatic carbocycles. The number of nitrogens with one attached hydrogen (secondary N) is 2. The third-order valence-corrected chi connectivity index (χ3v) is 3.44. The lowest BCUT2D eigenvalue weighted by Crippen LogP contribution is -2.19. The molecule has 1 amide bonds. The third kappa shape index (κ3) is 4.05. The molecular weight excluding hydrogens is 354 g/mol. The van der Waals surface area contributed by atoms with Gasteiger partial charge in [-0.25, -0.2) is 4.98 Å². The first-order valence-electron chi connectivity index (χ1n) is 6.23. The summed E-state index contributed by atoms with van der Waals surface area (Å²) in [4.78, 5) is 15.9. The first-order chi connectivity index (χ1) is 10.7. The van der Waals surface area contributed by atoms with Crippen molar-refractivity contribution in [2.45, 2.75) is 6.18 Å². The largest absolute Gasteiger partial charge is 0.417 e. The molecule has 1 heterocycles. The summed E-state index contributed by atoms with van der Waals surface area (Å²) in [6.45, 7) is 0. The normalized spacial score (nSPS) is 11.2. The highest BCUT2D eigenvalue weighted by Gasteiger charge is 2.36. The van der Waals surface area contributed by atoms with Gasteiger partial charge in [-0.15, -0.1) is 0 Å². The zero-order valence-electron chi connectivity index (χ0n) is 11.6. The highest BCUT2D eigenvalue weighted by Crippen LogP contribution is 2.34. The van der Waals surface area contributed by atoms with Crippen LogP contribution in [0.25, 0.3) is 0 Å². The van der Waals surface area contributed by atoms with E-state index in [4.69, 9.17) is 23.2 Å². The fraction of sp³-hybridized carbons (Fsp3) is 0.143. The van der Waals surface area contributed by atoms with Crippen molar-refractivity contribution in [1.29, 1.82) is 0 Å². The second kappa shape index (κ2) is 6.64. The summed E-state index contributed by atoms with van der Waals surface area (Å²) in [5.74, 6) is -0.977. The predicted molar refractivity (Wildman–Crippen MR) is 83.2 cm³/mol. The van der Waals surface area contributed by atoms with Crippen molar-refractivity contribution < 1.29 is 18.0 Å². The standard InChI is InChI=1S/C14H10Cl2F3N3O/c1-20-12-5-9(14(17,18)19)8(6-21-12)13(23)22-11-3-2-7(15)4-10(11)16/h2-6H,1H3,(H,20,21)(H,22,23). The minimum absolute atomic E-state index is 0.00148. The molecule has 4 nitrogen and oxygen atoms in total. The van der Waals surface area contributed by atoms with Crippen LogP contribution in [0, 0.1) is 0 Å². The summed E-state index contributed by atoms with van der Waals surface area (Å²) < 4.78 is 39.4. The maximum Gasteiger partial charge on any atom is 0.417 e. The number of carbonyl (C=O) groups excluding carboxylic acids is 1. The first-order valence-corrected chi connectivity index (χ1v) is 6.99. The number of hydrogen-bond donors (Lipinski definition) is 2. The van der Waals surface area contributed by atoms with Gasteiger partial charge in [0, 0.05) is 18.3 Å². The summed E-state index contributed by atoms with van der Waals surface area (Å²) in [6, 6.07) is 4.98. The molecule has 0 aliphatic carbocycles. The molecule has 0 saturated heterocycles. The minimum Gasteiger partial charge on any atom is -0.373 e. The summed E-state index contributed by atoms with van der Waals surface area (Å²) in [7, 11) is 1.43. The molecule has 0 bridgehead atoms. The molecular formula is C14H10Cl2F3N3O. The quantitative estimate of drug-likeness (QED) is 0.830. The van der Waals surface area contributed by atoms with Gasteiger partial charge in [0.1, 0.15) is 5.82 Å². The Morgan fingerprint density at radius 2 is 1.91 bits per heavy atom. The van der Waals surface area contributed by atoms with Crippen molar-refractivity contribution in [3.63, 3.8) is 0 Å². The number of nitrogens with zero attached hydrogens (tertiary/aromatic N) is 1. The summed E-state index contributed by atoms with van der Waals surface area (Å²) in [6.07, 6.45) is -3.85. The number of pyridine rings is 1. The molecule has 2 aromatic rings. The summed E-state index contributed by atoms with van der Waals surface area (Å²) in [5, 5.41) is 5.25. The summed E-state index contributed by atoms with van der Waals surface area (Å²) >= 11 is 11.6. The van der Waals surface area contributed by atoms with Crippen molar-refractivity contribution in [2.24, 2.45) is 0 Å². The number of carbonyl (C=O) groups is 1. The predicted octanol–water partition coefficient (Wildman–Crippen LogP) is 4.70. The van der Waals surface area contributed by atoms with E-state index in [1.54, 1.807) is 0 Å². The van der Waals surface area contributed by atoms with E-state index in [-0.39, 0.29) is 16.5 Å². The molecule has 0 aliphatic rings. The van der Waals surface area contributed by atoms with Crippen LogP contribution < -0.4 is 10.6 Å². The lowest BCUT2D eigenvalue weighted by molar-refractivity contribution is -0.137. The summed E-state index contributed by atoms with van der Waals surface area (Å²) in [5.41, 5.74) is -1.56. The van der Waals surface area contributed by atoms with E-state index in [1.165, 1.54) is 25.2 Å². The number of benzene rings is 1. The van der Waals surface area contributed by atoms with Crippen LogP contribution in [0.1, 0.15) is 15.9 Å². The molecule has 1 aromatic heterocycles. The van der Waals surface area contributed by atoms with E-state index in [9.17, 15) is 18.0 Å². The van der Waals surface area contributed by atoms with E-state index in [2.05, 4.69) is 15.6 Å². The number of amides is 1. The Morgan fingerprint density at radius 3 is 2.48 bits per heavy atom. The van der Waals surface area contributed by atoms with E-state index in [1.807, 2.05) is 0 Å². The van der Waals surface area contributed by atoms with Crippen LogP contribution in [0.5, 0.6) is 0 Å². The van der Waals surface area contributed by atoms with Gasteiger partial charge in [-0.1, -0.05) is 23.2 Å². The highest BCUT2D eigenvalue weighted by molar-refractivity contribution is 6.36. The van der Waals surface area contributed by atoms with Crippen LogP contribution in [-0.2, 0) is 6.18 Å². The van der Waals surface area contributed by atoms with Crippen LogP contribution in [-0.4, -0.2) is 17.9 Å². The number of rotatable bonds is 3. The van der Waals surface area contributed by atoms with Gasteiger partial charge in [0.2, 0.25) is 0 Å². The molecule has 2 N–H and O–H groups in total. The van der Waals surface area contributed by atoms with Crippen molar-refractivity contribution in [2.75, 3.05) is 17.7 Å².